The molecule has 0 bridgehead atoms. The van der Waals surface area contributed by atoms with E-state index in [0.717, 1.165) is 0 Å². The van der Waals surface area contributed by atoms with Gasteiger partial charge in [-0.2, -0.15) is 0 Å². The van der Waals surface area contributed by atoms with E-state index in [0.29, 0.717) is 22.0 Å². The number of aliphatic carboxylic acids is 1. The fourth-order valence-corrected chi connectivity index (χ4v) is 6.03. The Balaban J connectivity index is 1.49. The molecule has 0 spiro atoms. The van der Waals surface area contributed by atoms with Gasteiger partial charge in [-0.15, -0.1) is 11.8 Å². The number of fused-ring (bicyclic) bond motifs is 1. The van der Waals surface area contributed by atoms with Crippen molar-refractivity contribution < 1.29 is 24.6 Å². The number of H-pyrrole nitrogens is 1. The van der Waals surface area contributed by atoms with Crippen LogP contribution in [0.15, 0.2) is 59.2 Å². The lowest BCUT2D eigenvalue weighted by atomic mass is 10.0. The van der Waals surface area contributed by atoms with Gasteiger partial charge in [0.2, 0.25) is 0 Å². The molecule has 1 fully saturated rings. The molecule has 0 saturated carbocycles. The minimum atomic E-state index is -1.41. The molecule has 0 radical (unpaired) electrons. The number of nitrogens with zero attached hydrogens (tertiary/aromatic N) is 2. The molecular formula is C20H20N4O5S2. The van der Waals surface area contributed by atoms with Crippen LogP contribution >= 0.6 is 23.5 Å². The van der Waals surface area contributed by atoms with Crippen molar-refractivity contribution in [3.05, 3.63) is 59.6 Å². The molecule has 4 rings (SSSR count). The van der Waals surface area contributed by atoms with E-state index in [1.54, 1.807) is 42.7 Å². The predicted molar refractivity (Wildman–Crippen MR) is 115 cm³/mol. The van der Waals surface area contributed by atoms with Gasteiger partial charge in [-0.25, -0.2) is 9.78 Å². The predicted octanol–water partition coefficient (Wildman–Crippen LogP) is 1.36. The highest BCUT2D eigenvalue weighted by molar-refractivity contribution is 8.01. The van der Waals surface area contributed by atoms with Crippen LogP contribution in [0.1, 0.15) is 18.6 Å². The molecule has 9 nitrogen and oxygen atoms in total. The number of carboxylic acids is 1. The summed E-state index contributed by atoms with van der Waals surface area (Å²) in [6.07, 6.45) is 1.89. The second-order valence-electron chi connectivity index (χ2n) is 7.04. The van der Waals surface area contributed by atoms with E-state index in [1.807, 2.05) is 6.92 Å². The maximum Gasteiger partial charge on any atom is 0.352 e. The summed E-state index contributed by atoms with van der Waals surface area (Å²) in [4.78, 5) is 45.6. The van der Waals surface area contributed by atoms with E-state index in [1.165, 1.54) is 28.4 Å². The van der Waals surface area contributed by atoms with Crippen LogP contribution in [0.2, 0.25) is 0 Å². The Morgan fingerprint density at radius 1 is 1.35 bits per heavy atom. The molecular weight excluding hydrogens is 440 g/mol. The third-order valence-corrected chi connectivity index (χ3v) is 7.50. The van der Waals surface area contributed by atoms with E-state index in [-0.39, 0.29) is 10.9 Å². The van der Waals surface area contributed by atoms with Gasteiger partial charge < -0.3 is 20.5 Å². The van der Waals surface area contributed by atoms with E-state index >= 15 is 0 Å². The molecule has 1 aromatic heterocycles. The van der Waals surface area contributed by atoms with Gasteiger partial charge in [-0.1, -0.05) is 42.1 Å². The number of amides is 2. The number of aromatic nitrogens is 2. The standard InChI is InChI=1S/C20H20N4O5S2/c1-10(31-20-21-7-8-22-20)12-9-30-18-13(17(27)24(18)14(12)19(28)29)23-16(26)15(25)11-5-3-2-4-6-11/h2-8,10,13,15,18,25H,9H2,1H3,(H,21,22)(H,23,26)(H,28,29)/t10?,13?,15?,18-/m0/s1. The minimum absolute atomic E-state index is 0.0468. The SMILES string of the molecule is CC(Sc1ncc[nH]1)C1=C(C(=O)O)N2C(=O)C(NC(=O)C(O)c3ccccc3)[C@@H]2SC1. The molecule has 2 aliphatic heterocycles. The van der Waals surface area contributed by atoms with Crippen molar-refractivity contribution >= 4 is 41.3 Å². The zero-order valence-corrected chi connectivity index (χ0v) is 18.0. The first-order valence-corrected chi connectivity index (χ1v) is 11.4. The monoisotopic (exact) mass is 460 g/mol. The molecule has 162 valence electrons. The lowest BCUT2D eigenvalue weighted by molar-refractivity contribution is -0.151. The lowest BCUT2D eigenvalue weighted by Crippen LogP contribution is -2.71. The number of aliphatic hydroxyl groups is 1. The quantitative estimate of drug-likeness (QED) is 0.359. The first kappa shape index (κ1) is 21.5. The zero-order valence-electron chi connectivity index (χ0n) is 16.4. The van der Waals surface area contributed by atoms with Crippen molar-refractivity contribution in [2.75, 3.05) is 5.75 Å². The summed E-state index contributed by atoms with van der Waals surface area (Å²) in [5.74, 6) is -1.98. The van der Waals surface area contributed by atoms with Crippen LogP contribution in [0.5, 0.6) is 0 Å². The number of benzene rings is 1. The smallest absolute Gasteiger partial charge is 0.352 e. The topological polar surface area (TPSA) is 136 Å². The second-order valence-corrected chi connectivity index (χ2v) is 9.48. The van der Waals surface area contributed by atoms with Gasteiger partial charge in [-0.3, -0.25) is 14.5 Å². The van der Waals surface area contributed by atoms with E-state index in [9.17, 15) is 24.6 Å². The van der Waals surface area contributed by atoms with Gasteiger partial charge in [0.1, 0.15) is 17.1 Å². The Kier molecular flexibility index (Phi) is 6.08. The Labute approximate surface area is 186 Å². The molecule has 3 heterocycles. The summed E-state index contributed by atoms with van der Waals surface area (Å²) >= 11 is 2.77. The van der Waals surface area contributed by atoms with Gasteiger partial charge in [0.15, 0.2) is 11.3 Å². The first-order chi connectivity index (χ1) is 14.9. The van der Waals surface area contributed by atoms with Crippen LogP contribution in [0.3, 0.4) is 0 Å². The van der Waals surface area contributed by atoms with Crippen molar-refractivity contribution in [1.29, 1.82) is 0 Å². The van der Waals surface area contributed by atoms with Crippen molar-refractivity contribution in [1.82, 2.24) is 20.2 Å². The Morgan fingerprint density at radius 3 is 2.74 bits per heavy atom. The van der Waals surface area contributed by atoms with E-state index in [4.69, 9.17) is 0 Å². The van der Waals surface area contributed by atoms with Crippen molar-refractivity contribution in [2.24, 2.45) is 0 Å². The summed E-state index contributed by atoms with van der Waals surface area (Å²) < 4.78 is 0. The number of carbonyl (C=O) groups excluding carboxylic acids is 2. The van der Waals surface area contributed by atoms with Crippen LogP contribution in [0, 0.1) is 0 Å². The van der Waals surface area contributed by atoms with Crippen molar-refractivity contribution in [3.8, 4) is 0 Å². The Bertz CT molecular complexity index is 1030. The van der Waals surface area contributed by atoms with Crippen LogP contribution < -0.4 is 5.32 Å². The summed E-state index contributed by atoms with van der Waals surface area (Å²) in [5, 5.41) is 22.5. The number of aromatic amines is 1. The molecule has 2 amide bonds. The van der Waals surface area contributed by atoms with Crippen LogP contribution in [0.25, 0.3) is 0 Å². The van der Waals surface area contributed by atoms with Crippen molar-refractivity contribution in [2.45, 2.75) is 34.8 Å². The zero-order chi connectivity index (χ0) is 22.1. The number of hydrogen-bond acceptors (Lipinski definition) is 7. The molecule has 2 aliphatic rings. The number of hydrogen-bond donors (Lipinski definition) is 4. The Hall–Kier alpha value is -2.76. The van der Waals surface area contributed by atoms with Crippen LogP contribution in [-0.4, -0.2) is 65.3 Å². The van der Waals surface area contributed by atoms with Crippen LogP contribution in [0.4, 0.5) is 0 Å². The van der Waals surface area contributed by atoms with Gasteiger partial charge in [0, 0.05) is 23.4 Å². The van der Waals surface area contributed by atoms with E-state index < -0.39 is 35.3 Å². The summed E-state index contributed by atoms with van der Waals surface area (Å²) in [7, 11) is 0. The lowest BCUT2D eigenvalue weighted by Gasteiger charge is -2.50. The molecule has 1 aromatic carbocycles. The molecule has 4 N–H and O–H groups in total. The minimum Gasteiger partial charge on any atom is -0.477 e. The first-order valence-electron chi connectivity index (χ1n) is 9.49. The largest absolute Gasteiger partial charge is 0.477 e. The fraction of sp³-hybridized carbons (Fsp3) is 0.300. The summed E-state index contributed by atoms with van der Waals surface area (Å²) in [5.41, 5.74) is 0.990. The second kappa shape index (κ2) is 8.77. The number of thioether (sulfide) groups is 2. The molecule has 2 aromatic rings. The van der Waals surface area contributed by atoms with Gasteiger partial charge in [-0.05, 0) is 18.1 Å². The number of rotatable bonds is 7. The summed E-state index contributed by atoms with van der Waals surface area (Å²) in [6, 6.07) is 7.51. The highest BCUT2D eigenvalue weighted by Crippen LogP contribution is 2.43. The summed E-state index contributed by atoms with van der Waals surface area (Å²) in [6.45, 7) is 1.87. The number of imidazole rings is 1. The third-order valence-electron chi connectivity index (χ3n) is 5.11. The fourth-order valence-electron chi connectivity index (χ4n) is 3.53. The Morgan fingerprint density at radius 2 is 2.10 bits per heavy atom. The number of β-lactam (4-membered cyclic amide) rings is 1. The highest BCUT2D eigenvalue weighted by atomic mass is 32.2. The number of carbonyl (C=O) groups is 3. The van der Waals surface area contributed by atoms with Gasteiger partial charge in [0.05, 0.1) is 0 Å². The maximum atomic E-state index is 12.8. The average Bonchev–Trinajstić information content (AvgIpc) is 3.29. The third kappa shape index (κ3) is 4.08. The molecule has 11 heteroatoms. The van der Waals surface area contributed by atoms with Crippen LogP contribution in [-0.2, 0) is 14.4 Å². The molecule has 31 heavy (non-hydrogen) atoms. The van der Waals surface area contributed by atoms with Gasteiger partial charge >= 0.3 is 5.97 Å². The number of carboxylic acid groups (broad SMARTS) is 1. The highest BCUT2D eigenvalue weighted by Gasteiger charge is 2.54. The molecule has 4 atom stereocenters. The van der Waals surface area contributed by atoms with E-state index in [2.05, 4.69) is 15.3 Å². The van der Waals surface area contributed by atoms with Crippen molar-refractivity contribution in [3.63, 3.8) is 0 Å². The number of aliphatic hydroxyl groups excluding tert-OH is 1. The van der Waals surface area contributed by atoms with Gasteiger partial charge in [0.25, 0.3) is 11.8 Å². The normalized spacial score (nSPS) is 22.4. The average molecular weight is 461 g/mol. The molecule has 1 saturated heterocycles. The molecule has 0 aliphatic carbocycles. The maximum absolute atomic E-state index is 12.8. The molecule has 3 unspecified atom stereocenters. The number of nitrogens with one attached hydrogen (secondary N) is 2.